The van der Waals surface area contributed by atoms with Gasteiger partial charge in [0.05, 0.1) is 19.1 Å². The van der Waals surface area contributed by atoms with Gasteiger partial charge in [0.15, 0.2) is 0 Å². The van der Waals surface area contributed by atoms with Crippen molar-refractivity contribution in [3.05, 3.63) is 0 Å². The molecule has 1 heterocycles. The van der Waals surface area contributed by atoms with Crippen molar-refractivity contribution in [3.63, 3.8) is 0 Å². The van der Waals surface area contributed by atoms with Crippen molar-refractivity contribution < 1.29 is 9.53 Å². The average Bonchev–Trinajstić information content (AvgIpc) is 2.94. The number of rotatable bonds is 11. The van der Waals surface area contributed by atoms with Gasteiger partial charge in [-0.1, -0.05) is 51.9 Å². The molecular formula is C16H32N2O2. The quantitative estimate of drug-likeness (QED) is 0.573. The molecule has 20 heavy (non-hydrogen) atoms. The van der Waals surface area contributed by atoms with E-state index < -0.39 is 0 Å². The lowest BCUT2D eigenvalue weighted by atomic mass is 10.0. The van der Waals surface area contributed by atoms with Gasteiger partial charge in [0.1, 0.15) is 0 Å². The zero-order chi connectivity index (χ0) is 14.6. The minimum absolute atomic E-state index is 0.0194. The highest BCUT2D eigenvalue weighted by Gasteiger charge is 2.32. The van der Waals surface area contributed by atoms with E-state index in [0.717, 1.165) is 13.0 Å². The molecular weight excluding hydrogens is 252 g/mol. The number of hydrogen-bond donors (Lipinski definition) is 2. The second-order valence-corrected chi connectivity index (χ2v) is 5.81. The second-order valence-electron chi connectivity index (χ2n) is 5.81. The van der Waals surface area contributed by atoms with Crippen molar-refractivity contribution in [1.82, 2.24) is 10.6 Å². The molecule has 0 aromatic heterocycles. The van der Waals surface area contributed by atoms with E-state index in [-0.39, 0.29) is 17.9 Å². The topological polar surface area (TPSA) is 50.4 Å². The third-order valence-electron chi connectivity index (χ3n) is 4.12. The standard InChI is InChI=1S/C16H32N2O2/c1-3-4-5-6-7-8-9-10-11-18-16(19)14-12-20-13-15(14)17-2/h14-15,17H,3-13H2,1-2H3,(H,18,19). The molecule has 4 heteroatoms. The van der Waals surface area contributed by atoms with Crippen LogP contribution in [0.1, 0.15) is 58.3 Å². The first-order valence-electron chi connectivity index (χ1n) is 8.32. The Morgan fingerprint density at radius 1 is 1.05 bits per heavy atom. The van der Waals surface area contributed by atoms with Crippen molar-refractivity contribution >= 4 is 5.91 Å². The maximum Gasteiger partial charge on any atom is 0.227 e. The van der Waals surface area contributed by atoms with Gasteiger partial charge >= 0.3 is 0 Å². The minimum Gasteiger partial charge on any atom is -0.379 e. The first-order chi connectivity index (χ1) is 9.79. The van der Waals surface area contributed by atoms with Crippen molar-refractivity contribution in [2.45, 2.75) is 64.3 Å². The number of carbonyl (C=O) groups is 1. The molecule has 1 fully saturated rings. The van der Waals surface area contributed by atoms with Crippen molar-refractivity contribution in [1.29, 1.82) is 0 Å². The van der Waals surface area contributed by atoms with E-state index in [4.69, 9.17) is 4.74 Å². The summed E-state index contributed by atoms with van der Waals surface area (Å²) >= 11 is 0. The molecule has 2 N–H and O–H groups in total. The number of carbonyl (C=O) groups excluding carboxylic acids is 1. The first-order valence-corrected chi connectivity index (χ1v) is 8.32. The van der Waals surface area contributed by atoms with Crippen LogP contribution < -0.4 is 10.6 Å². The molecule has 0 saturated carbocycles. The van der Waals surface area contributed by atoms with E-state index in [1.807, 2.05) is 7.05 Å². The van der Waals surface area contributed by atoms with Gasteiger partial charge in [-0.2, -0.15) is 0 Å². The van der Waals surface area contributed by atoms with Gasteiger partial charge in [-0.3, -0.25) is 4.79 Å². The van der Waals surface area contributed by atoms with E-state index >= 15 is 0 Å². The van der Waals surface area contributed by atoms with Crippen LogP contribution in [-0.4, -0.2) is 38.8 Å². The smallest absolute Gasteiger partial charge is 0.227 e. The van der Waals surface area contributed by atoms with Gasteiger partial charge in [-0.15, -0.1) is 0 Å². The van der Waals surface area contributed by atoms with Crippen molar-refractivity contribution in [3.8, 4) is 0 Å². The molecule has 0 aromatic carbocycles. The summed E-state index contributed by atoms with van der Waals surface area (Å²) < 4.78 is 5.35. The molecule has 118 valence electrons. The Balaban J connectivity index is 1.94. The number of ether oxygens (including phenoxy) is 1. The largest absolute Gasteiger partial charge is 0.379 e. The molecule has 2 atom stereocenters. The van der Waals surface area contributed by atoms with Gasteiger partial charge in [0.25, 0.3) is 0 Å². The maximum absolute atomic E-state index is 12.0. The predicted molar refractivity (Wildman–Crippen MR) is 82.8 cm³/mol. The summed E-state index contributed by atoms with van der Waals surface area (Å²) in [7, 11) is 1.89. The Bertz CT molecular complexity index is 259. The number of amides is 1. The van der Waals surface area contributed by atoms with E-state index in [1.54, 1.807) is 0 Å². The number of likely N-dealkylation sites (N-methyl/N-ethyl adjacent to an activating group) is 1. The van der Waals surface area contributed by atoms with Gasteiger partial charge < -0.3 is 15.4 Å². The molecule has 1 aliphatic rings. The number of unbranched alkanes of at least 4 members (excludes halogenated alkanes) is 7. The summed E-state index contributed by atoms with van der Waals surface area (Å²) in [5.74, 6) is 0.124. The van der Waals surface area contributed by atoms with Gasteiger partial charge in [0.2, 0.25) is 5.91 Å². The molecule has 2 unspecified atom stereocenters. The lowest BCUT2D eigenvalue weighted by molar-refractivity contribution is -0.125. The Morgan fingerprint density at radius 2 is 1.70 bits per heavy atom. The summed E-state index contributed by atoms with van der Waals surface area (Å²) in [6.07, 6.45) is 10.4. The minimum atomic E-state index is -0.0194. The number of hydrogen-bond acceptors (Lipinski definition) is 3. The van der Waals surface area contributed by atoms with E-state index in [0.29, 0.717) is 13.2 Å². The molecule has 0 radical (unpaired) electrons. The highest BCUT2D eigenvalue weighted by atomic mass is 16.5. The second kappa shape index (κ2) is 11.1. The van der Waals surface area contributed by atoms with Crippen LogP contribution in [0.3, 0.4) is 0 Å². The fourth-order valence-electron chi connectivity index (χ4n) is 2.70. The third-order valence-corrected chi connectivity index (χ3v) is 4.12. The van der Waals surface area contributed by atoms with Crippen LogP contribution in [0.25, 0.3) is 0 Å². The Morgan fingerprint density at radius 3 is 2.35 bits per heavy atom. The van der Waals surface area contributed by atoms with Crippen molar-refractivity contribution in [2.24, 2.45) is 5.92 Å². The molecule has 0 spiro atoms. The average molecular weight is 284 g/mol. The maximum atomic E-state index is 12.0. The zero-order valence-electron chi connectivity index (χ0n) is 13.2. The van der Waals surface area contributed by atoms with Gasteiger partial charge in [-0.25, -0.2) is 0 Å². The fraction of sp³-hybridized carbons (Fsp3) is 0.938. The Hall–Kier alpha value is -0.610. The molecule has 0 bridgehead atoms. The van der Waals surface area contributed by atoms with Crippen LogP contribution in [-0.2, 0) is 9.53 Å². The molecule has 1 saturated heterocycles. The van der Waals surface area contributed by atoms with Crippen LogP contribution in [0.4, 0.5) is 0 Å². The molecule has 0 aromatic rings. The van der Waals surface area contributed by atoms with Crippen LogP contribution in [0.2, 0.25) is 0 Å². The highest BCUT2D eigenvalue weighted by Crippen LogP contribution is 2.13. The molecule has 0 aliphatic carbocycles. The fourth-order valence-corrected chi connectivity index (χ4v) is 2.70. The lowest BCUT2D eigenvalue weighted by Gasteiger charge is -2.16. The first kappa shape index (κ1) is 17.4. The zero-order valence-corrected chi connectivity index (χ0v) is 13.2. The van der Waals surface area contributed by atoms with Gasteiger partial charge in [0, 0.05) is 12.6 Å². The summed E-state index contributed by atoms with van der Waals surface area (Å²) in [6.45, 7) is 4.25. The van der Waals surface area contributed by atoms with Crippen LogP contribution >= 0.6 is 0 Å². The van der Waals surface area contributed by atoms with Gasteiger partial charge in [-0.05, 0) is 13.5 Å². The van der Waals surface area contributed by atoms with Crippen LogP contribution in [0.15, 0.2) is 0 Å². The SMILES string of the molecule is CCCCCCCCCCNC(=O)C1COCC1NC. The highest BCUT2D eigenvalue weighted by molar-refractivity contribution is 5.79. The Kier molecular flexibility index (Phi) is 9.67. The normalized spacial score (nSPS) is 22.1. The van der Waals surface area contributed by atoms with Crippen LogP contribution in [0.5, 0.6) is 0 Å². The van der Waals surface area contributed by atoms with Crippen molar-refractivity contribution in [2.75, 3.05) is 26.8 Å². The summed E-state index contributed by atoms with van der Waals surface area (Å²) in [5, 5.41) is 6.19. The van der Waals surface area contributed by atoms with E-state index in [9.17, 15) is 4.79 Å². The monoisotopic (exact) mass is 284 g/mol. The molecule has 1 amide bonds. The summed E-state index contributed by atoms with van der Waals surface area (Å²) in [5.41, 5.74) is 0. The number of nitrogens with one attached hydrogen (secondary N) is 2. The summed E-state index contributed by atoms with van der Waals surface area (Å²) in [6, 6.07) is 0.175. The predicted octanol–water partition coefficient (Wildman–Crippen LogP) is 2.48. The third kappa shape index (κ3) is 6.71. The van der Waals surface area contributed by atoms with Crippen LogP contribution in [0, 0.1) is 5.92 Å². The Labute approximate surface area is 124 Å². The van der Waals surface area contributed by atoms with E-state index in [2.05, 4.69) is 17.6 Å². The molecule has 1 rings (SSSR count). The lowest BCUT2D eigenvalue weighted by Crippen LogP contribution is -2.42. The summed E-state index contributed by atoms with van der Waals surface area (Å²) in [4.78, 5) is 12.0. The molecule has 4 nitrogen and oxygen atoms in total. The van der Waals surface area contributed by atoms with E-state index in [1.165, 1.54) is 44.9 Å². The molecule has 1 aliphatic heterocycles.